The Morgan fingerprint density at radius 1 is 0.879 bits per heavy atom. The van der Waals surface area contributed by atoms with E-state index in [1.807, 2.05) is 0 Å². The SMILES string of the molecule is CCCCCn1c(=O)n(CCCn2cnc3c2c(=O)n(C)c(=O)n3C)c(=O)c2[nH]c(Cl)nc21. The molecule has 0 aliphatic rings. The third kappa shape index (κ3) is 3.84. The van der Waals surface area contributed by atoms with Crippen molar-refractivity contribution >= 4 is 33.9 Å². The molecule has 13 heteroatoms. The first kappa shape index (κ1) is 22.8. The summed E-state index contributed by atoms with van der Waals surface area (Å²) in [5.41, 5.74) is -0.822. The number of aromatic amines is 1. The topological polar surface area (TPSA) is 134 Å². The van der Waals surface area contributed by atoms with Crippen molar-refractivity contribution in [1.82, 2.24) is 37.8 Å². The van der Waals surface area contributed by atoms with Crippen LogP contribution in [0.3, 0.4) is 0 Å². The molecule has 176 valence electrons. The van der Waals surface area contributed by atoms with Crippen molar-refractivity contribution in [3.8, 4) is 0 Å². The van der Waals surface area contributed by atoms with E-state index in [2.05, 4.69) is 21.9 Å². The molecule has 0 bridgehead atoms. The van der Waals surface area contributed by atoms with Gasteiger partial charge in [0.2, 0.25) is 5.28 Å². The smallest absolute Gasteiger partial charge is 0.325 e. The number of aromatic nitrogens is 8. The third-order valence-electron chi connectivity index (χ3n) is 5.82. The molecule has 0 fully saturated rings. The van der Waals surface area contributed by atoms with Crippen LogP contribution in [0.2, 0.25) is 5.28 Å². The molecule has 0 aliphatic heterocycles. The second-order valence-electron chi connectivity index (χ2n) is 7.99. The molecule has 0 atom stereocenters. The van der Waals surface area contributed by atoms with Crippen LogP contribution in [0, 0.1) is 0 Å². The zero-order valence-electron chi connectivity index (χ0n) is 18.7. The van der Waals surface area contributed by atoms with E-state index in [9.17, 15) is 19.2 Å². The lowest BCUT2D eigenvalue weighted by molar-refractivity contribution is 0.505. The van der Waals surface area contributed by atoms with E-state index >= 15 is 0 Å². The van der Waals surface area contributed by atoms with Gasteiger partial charge in [-0.1, -0.05) is 19.8 Å². The molecule has 1 N–H and O–H groups in total. The highest BCUT2D eigenvalue weighted by Gasteiger charge is 2.18. The molecular formula is C20H25ClN8O4. The lowest BCUT2D eigenvalue weighted by Crippen LogP contribution is -2.40. The summed E-state index contributed by atoms with van der Waals surface area (Å²) in [5, 5.41) is 0.0508. The summed E-state index contributed by atoms with van der Waals surface area (Å²) in [6, 6.07) is 0. The summed E-state index contributed by atoms with van der Waals surface area (Å²) in [5.74, 6) is 0. The van der Waals surface area contributed by atoms with Crippen LogP contribution >= 0.6 is 11.6 Å². The predicted molar refractivity (Wildman–Crippen MR) is 124 cm³/mol. The van der Waals surface area contributed by atoms with E-state index in [0.717, 1.165) is 28.4 Å². The van der Waals surface area contributed by atoms with Crippen LogP contribution in [-0.4, -0.2) is 37.8 Å². The Balaban J connectivity index is 1.67. The van der Waals surface area contributed by atoms with Gasteiger partial charge in [-0.25, -0.2) is 14.6 Å². The van der Waals surface area contributed by atoms with Gasteiger partial charge in [0.05, 0.1) is 6.33 Å². The molecule has 0 aromatic carbocycles. The Bertz CT molecular complexity index is 1580. The summed E-state index contributed by atoms with van der Waals surface area (Å²) in [4.78, 5) is 61.8. The van der Waals surface area contributed by atoms with Crippen LogP contribution in [0.4, 0.5) is 0 Å². The second kappa shape index (κ2) is 8.85. The van der Waals surface area contributed by atoms with Crippen LogP contribution in [-0.2, 0) is 33.7 Å². The number of fused-ring (bicyclic) bond motifs is 2. The maximum atomic E-state index is 13.1. The molecule has 0 radical (unpaired) electrons. The third-order valence-corrected chi connectivity index (χ3v) is 5.99. The minimum absolute atomic E-state index is 0.0508. The van der Waals surface area contributed by atoms with E-state index < -0.39 is 22.5 Å². The van der Waals surface area contributed by atoms with Crippen LogP contribution < -0.4 is 22.5 Å². The fraction of sp³-hybridized carbons (Fsp3) is 0.500. The molecule has 4 rings (SSSR count). The quantitative estimate of drug-likeness (QED) is 0.292. The number of halogens is 1. The highest BCUT2D eigenvalue weighted by Crippen LogP contribution is 2.11. The van der Waals surface area contributed by atoms with Crippen molar-refractivity contribution in [2.24, 2.45) is 14.1 Å². The summed E-state index contributed by atoms with van der Waals surface area (Å²) in [7, 11) is 2.96. The summed E-state index contributed by atoms with van der Waals surface area (Å²) in [6.07, 6.45) is 4.57. The molecule has 0 amide bonds. The van der Waals surface area contributed by atoms with E-state index in [0.29, 0.717) is 25.0 Å². The average molecular weight is 477 g/mol. The Kier molecular flexibility index (Phi) is 6.11. The molecule has 0 spiro atoms. The lowest BCUT2D eigenvalue weighted by atomic mass is 10.2. The zero-order valence-corrected chi connectivity index (χ0v) is 19.4. The molecule has 4 aromatic heterocycles. The number of imidazole rings is 2. The first-order valence-corrected chi connectivity index (χ1v) is 11.1. The Morgan fingerprint density at radius 3 is 2.33 bits per heavy atom. The first-order valence-electron chi connectivity index (χ1n) is 10.8. The van der Waals surface area contributed by atoms with Crippen LogP contribution in [0.25, 0.3) is 22.3 Å². The molecule has 0 aliphatic carbocycles. The normalized spacial score (nSPS) is 11.8. The Labute approximate surface area is 191 Å². The Morgan fingerprint density at radius 2 is 1.61 bits per heavy atom. The molecule has 12 nitrogen and oxygen atoms in total. The molecule has 4 heterocycles. The standard InChI is InChI=1S/C20H25ClN8O4/c1-4-5-6-9-28-14-12(23-18(21)24-14)16(30)29(20(28)33)10-7-8-27-11-22-15-13(27)17(31)26(3)19(32)25(15)2/h11H,4-10H2,1-3H3,(H,23,24). The largest absolute Gasteiger partial charge is 0.332 e. The highest BCUT2D eigenvalue weighted by atomic mass is 35.5. The van der Waals surface area contributed by atoms with Crippen molar-refractivity contribution in [1.29, 1.82) is 0 Å². The van der Waals surface area contributed by atoms with Crippen molar-refractivity contribution in [3.63, 3.8) is 0 Å². The summed E-state index contributed by atoms with van der Waals surface area (Å²) in [6.45, 7) is 2.95. The van der Waals surface area contributed by atoms with E-state index in [4.69, 9.17) is 11.6 Å². The molecule has 0 unspecified atom stereocenters. The Hall–Kier alpha value is -3.41. The number of rotatable bonds is 8. The van der Waals surface area contributed by atoms with Gasteiger partial charge in [0, 0.05) is 33.7 Å². The van der Waals surface area contributed by atoms with Gasteiger partial charge in [0.25, 0.3) is 11.1 Å². The average Bonchev–Trinajstić information content (AvgIpc) is 3.39. The fourth-order valence-electron chi connectivity index (χ4n) is 4.02. The maximum Gasteiger partial charge on any atom is 0.332 e. The number of hydrogen-bond donors (Lipinski definition) is 1. The van der Waals surface area contributed by atoms with Gasteiger partial charge in [-0.2, -0.15) is 4.98 Å². The van der Waals surface area contributed by atoms with Gasteiger partial charge in [-0.15, -0.1) is 0 Å². The van der Waals surface area contributed by atoms with Gasteiger partial charge in [0.15, 0.2) is 22.3 Å². The zero-order chi connectivity index (χ0) is 23.9. The number of hydrogen-bond acceptors (Lipinski definition) is 6. The van der Waals surface area contributed by atoms with Crippen molar-refractivity contribution in [2.75, 3.05) is 0 Å². The predicted octanol–water partition coefficient (Wildman–Crippen LogP) is 0.567. The first-order chi connectivity index (χ1) is 15.8. The highest BCUT2D eigenvalue weighted by molar-refractivity contribution is 6.28. The van der Waals surface area contributed by atoms with Gasteiger partial charge < -0.3 is 9.55 Å². The van der Waals surface area contributed by atoms with E-state index in [1.54, 1.807) is 11.6 Å². The van der Waals surface area contributed by atoms with Gasteiger partial charge >= 0.3 is 11.4 Å². The van der Waals surface area contributed by atoms with E-state index in [1.165, 1.54) is 22.5 Å². The number of nitrogens with zero attached hydrogens (tertiary/aromatic N) is 7. The van der Waals surface area contributed by atoms with Crippen molar-refractivity contribution in [2.45, 2.75) is 52.2 Å². The molecule has 0 saturated heterocycles. The fourth-order valence-corrected chi connectivity index (χ4v) is 4.20. The molecule has 33 heavy (non-hydrogen) atoms. The van der Waals surface area contributed by atoms with Gasteiger partial charge in [-0.3, -0.25) is 27.9 Å². The minimum atomic E-state index is -0.491. The molecular weight excluding hydrogens is 452 g/mol. The van der Waals surface area contributed by atoms with Crippen LogP contribution in [0.1, 0.15) is 32.6 Å². The summed E-state index contributed by atoms with van der Waals surface area (Å²) >= 11 is 5.98. The molecule has 0 saturated carbocycles. The number of H-pyrrole nitrogens is 1. The van der Waals surface area contributed by atoms with Crippen molar-refractivity contribution < 1.29 is 0 Å². The van der Waals surface area contributed by atoms with Gasteiger partial charge in [0.1, 0.15) is 0 Å². The van der Waals surface area contributed by atoms with E-state index in [-0.39, 0.29) is 28.6 Å². The second-order valence-corrected chi connectivity index (χ2v) is 8.35. The van der Waals surface area contributed by atoms with Crippen LogP contribution in [0.5, 0.6) is 0 Å². The molecule has 4 aromatic rings. The maximum absolute atomic E-state index is 13.1. The monoisotopic (exact) mass is 476 g/mol. The number of unbranched alkanes of at least 4 members (excludes halogenated alkanes) is 2. The number of aryl methyl sites for hydroxylation is 3. The van der Waals surface area contributed by atoms with Gasteiger partial charge in [-0.05, 0) is 24.4 Å². The lowest BCUT2D eigenvalue weighted by Gasteiger charge is -2.11. The van der Waals surface area contributed by atoms with Crippen molar-refractivity contribution in [3.05, 3.63) is 53.3 Å². The van der Waals surface area contributed by atoms with Crippen LogP contribution in [0.15, 0.2) is 25.5 Å². The summed E-state index contributed by atoms with van der Waals surface area (Å²) < 4.78 is 6.61. The number of nitrogens with one attached hydrogen (secondary N) is 1. The minimum Gasteiger partial charge on any atom is -0.325 e.